The molecule has 0 spiro atoms. The van der Waals surface area contributed by atoms with E-state index in [2.05, 4.69) is 28.3 Å². The highest BCUT2D eigenvalue weighted by molar-refractivity contribution is 5.77. The van der Waals surface area contributed by atoms with Gasteiger partial charge in [0.25, 0.3) is 0 Å². The molecule has 0 atom stereocenters. The van der Waals surface area contributed by atoms with Crippen LogP contribution in [0.15, 0.2) is 36.4 Å². The van der Waals surface area contributed by atoms with Crippen molar-refractivity contribution in [2.45, 2.75) is 65.1 Å². The molecule has 0 aliphatic rings. The van der Waals surface area contributed by atoms with Crippen LogP contribution in [0.1, 0.15) is 62.9 Å². The van der Waals surface area contributed by atoms with E-state index >= 15 is 0 Å². The van der Waals surface area contributed by atoms with Gasteiger partial charge in [0, 0.05) is 13.0 Å². The molecule has 5 nitrogen and oxygen atoms in total. The second-order valence-corrected chi connectivity index (χ2v) is 9.15. The third-order valence-corrected chi connectivity index (χ3v) is 6.48. The van der Waals surface area contributed by atoms with Gasteiger partial charge in [0.1, 0.15) is 5.82 Å². The van der Waals surface area contributed by atoms with Crippen molar-refractivity contribution in [3.63, 3.8) is 0 Å². The van der Waals surface area contributed by atoms with Crippen LogP contribution in [-0.4, -0.2) is 48.3 Å². The number of hydrogen-bond donors (Lipinski definition) is 0. The van der Waals surface area contributed by atoms with Gasteiger partial charge in [-0.2, -0.15) is 13.2 Å². The average Bonchev–Trinajstić information content (AvgIpc) is 3.20. The number of alkyl halides is 3. The Kier molecular flexibility index (Phi) is 10.0. The molecule has 1 aromatic heterocycles. The van der Waals surface area contributed by atoms with E-state index in [0.29, 0.717) is 30.0 Å². The predicted molar refractivity (Wildman–Crippen MR) is 138 cm³/mol. The first-order valence-corrected chi connectivity index (χ1v) is 12.8. The Morgan fingerprint density at radius 2 is 1.53 bits per heavy atom. The first-order valence-electron chi connectivity index (χ1n) is 12.8. The number of fused-ring (bicyclic) bond motifs is 1. The molecule has 36 heavy (non-hydrogen) atoms. The number of unbranched alkanes of at least 4 members (excludes halogenated alkanes) is 2. The molecular weight excluding hydrogens is 467 g/mol. The van der Waals surface area contributed by atoms with Crippen LogP contribution in [0, 0.1) is 0 Å². The molecule has 3 aromatic rings. The molecule has 0 fully saturated rings. The van der Waals surface area contributed by atoms with Gasteiger partial charge >= 0.3 is 6.18 Å². The fourth-order valence-corrected chi connectivity index (χ4v) is 4.46. The van der Waals surface area contributed by atoms with Gasteiger partial charge in [-0.25, -0.2) is 4.98 Å². The summed E-state index contributed by atoms with van der Waals surface area (Å²) >= 11 is 0. The van der Waals surface area contributed by atoms with Crippen LogP contribution >= 0.6 is 0 Å². The highest BCUT2D eigenvalue weighted by Crippen LogP contribution is 2.33. The Balaban J connectivity index is 1.89. The zero-order valence-corrected chi connectivity index (χ0v) is 21.8. The van der Waals surface area contributed by atoms with E-state index in [1.807, 2.05) is 18.2 Å². The van der Waals surface area contributed by atoms with E-state index in [1.165, 1.54) is 12.8 Å². The SMILES string of the molecule is CCCCN(CCCC)CCCn1c(Cc2ccc(OC)c(OC)c2)nc2cc(C(F)(F)F)ccc21. The van der Waals surface area contributed by atoms with Crippen LogP contribution in [0.25, 0.3) is 11.0 Å². The van der Waals surface area contributed by atoms with E-state index in [4.69, 9.17) is 9.47 Å². The van der Waals surface area contributed by atoms with E-state index in [9.17, 15) is 13.2 Å². The third-order valence-electron chi connectivity index (χ3n) is 6.48. The van der Waals surface area contributed by atoms with Gasteiger partial charge in [0.2, 0.25) is 0 Å². The summed E-state index contributed by atoms with van der Waals surface area (Å²) in [5.41, 5.74) is 1.37. The zero-order chi connectivity index (χ0) is 26.1. The Bertz CT molecular complexity index is 1100. The predicted octanol–water partition coefficient (Wildman–Crippen LogP) is 6.96. The summed E-state index contributed by atoms with van der Waals surface area (Å²) < 4.78 is 52.9. The van der Waals surface area contributed by atoms with Gasteiger partial charge in [-0.05, 0) is 74.8 Å². The number of hydrogen-bond acceptors (Lipinski definition) is 4. The summed E-state index contributed by atoms with van der Waals surface area (Å²) in [4.78, 5) is 7.16. The number of aromatic nitrogens is 2. The lowest BCUT2D eigenvalue weighted by Gasteiger charge is -2.22. The van der Waals surface area contributed by atoms with Gasteiger partial charge in [-0.15, -0.1) is 0 Å². The van der Waals surface area contributed by atoms with E-state index in [-0.39, 0.29) is 0 Å². The molecule has 0 amide bonds. The number of rotatable bonds is 14. The van der Waals surface area contributed by atoms with Crippen LogP contribution in [-0.2, 0) is 19.1 Å². The van der Waals surface area contributed by atoms with Gasteiger partial charge in [-0.1, -0.05) is 32.8 Å². The van der Waals surface area contributed by atoms with Crippen molar-refractivity contribution in [2.75, 3.05) is 33.9 Å². The number of halogens is 3. The maximum absolute atomic E-state index is 13.4. The molecule has 0 bridgehead atoms. The number of aryl methyl sites for hydroxylation is 1. The monoisotopic (exact) mass is 505 g/mol. The minimum Gasteiger partial charge on any atom is -0.493 e. The number of benzene rings is 2. The van der Waals surface area contributed by atoms with Gasteiger partial charge in [0.15, 0.2) is 11.5 Å². The minimum atomic E-state index is -4.40. The Morgan fingerprint density at radius 3 is 2.14 bits per heavy atom. The standard InChI is InChI=1S/C28H38F3N3O2/c1-5-7-14-33(15-8-6-2)16-9-17-34-24-12-11-22(28(29,30)31)20-23(24)32-27(34)19-21-10-13-25(35-3)26(18-21)36-4/h10-13,18,20H,5-9,14-17,19H2,1-4H3. The molecule has 0 aliphatic heterocycles. The Labute approximate surface area is 212 Å². The molecule has 0 unspecified atom stereocenters. The number of nitrogens with zero attached hydrogens (tertiary/aromatic N) is 3. The largest absolute Gasteiger partial charge is 0.493 e. The first kappa shape index (κ1) is 27.8. The normalized spacial score (nSPS) is 12.0. The highest BCUT2D eigenvalue weighted by Gasteiger charge is 2.31. The summed E-state index contributed by atoms with van der Waals surface area (Å²) in [5.74, 6) is 1.98. The highest BCUT2D eigenvalue weighted by atomic mass is 19.4. The molecule has 1 heterocycles. The Morgan fingerprint density at radius 1 is 0.861 bits per heavy atom. The van der Waals surface area contributed by atoms with Crippen LogP contribution in [0.5, 0.6) is 11.5 Å². The lowest BCUT2D eigenvalue weighted by atomic mass is 10.1. The van der Waals surface area contributed by atoms with E-state index < -0.39 is 11.7 Å². The Hall–Kier alpha value is -2.74. The quantitative estimate of drug-likeness (QED) is 0.238. The lowest BCUT2D eigenvalue weighted by molar-refractivity contribution is -0.137. The number of methoxy groups -OCH3 is 2. The maximum atomic E-state index is 13.4. The third kappa shape index (κ3) is 7.15. The fourth-order valence-electron chi connectivity index (χ4n) is 4.46. The zero-order valence-electron chi connectivity index (χ0n) is 21.8. The smallest absolute Gasteiger partial charge is 0.416 e. The van der Waals surface area contributed by atoms with Crippen molar-refractivity contribution in [3.05, 3.63) is 53.3 Å². The first-order chi connectivity index (χ1) is 17.3. The van der Waals surface area contributed by atoms with Crippen LogP contribution < -0.4 is 9.47 Å². The lowest BCUT2D eigenvalue weighted by Crippen LogP contribution is -2.28. The second kappa shape index (κ2) is 13.0. The maximum Gasteiger partial charge on any atom is 0.416 e. The van der Waals surface area contributed by atoms with Crippen molar-refractivity contribution >= 4 is 11.0 Å². The van der Waals surface area contributed by atoms with Crippen molar-refractivity contribution in [1.82, 2.24) is 14.5 Å². The molecular formula is C28H38F3N3O2. The summed E-state index contributed by atoms with van der Waals surface area (Å²) in [6.07, 6.45) is 1.63. The summed E-state index contributed by atoms with van der Waals surface area (Å²) in [6, 6.07) is 9.51. The average molecular weight is 506 g/mol. The van der Waals surface area contributed by atoms with E-state index in [1.54, 1.807) is 20.3 Å². The van der Waals surface area contributed by atoms with Crippen LogP contribution in [0.4, 0.5) is 13.2 Å². The molecule has 2 aromatic carbocycles. The van der Waals surface area contributed by atoms with Crippen molar-refractivity contribution < 1.29 is 22.6 Å². The number of imidazole rings is 1. The van der Waals surface area contributed by atoms with Gasteiger partial charge in [-0.3, -0.25) is 0 Å². The van der Waals surface area contributed by atoms with Gasteiger partial charge < -0.3 is 18.9 Å². The molecule has 0 saturated heterocycles. The molecule has 8 heteroatoms. The van der Waals surface area contributed by atoms with E-state index in [0.717, 1.165) is 67.9 Å². The summed E-state index contributed by atoms with van der Waals surface area (Å²) in [7, 11) is 3.16. The molecule has 198 valence electrons. The second-order valence-electron chi connectivity index (χ2n) is 9.15. The number of ether oxygens (including phenoxy) is 2. The fraction of sp³-hybridized carbons (Fsp3) is 0.536. The molecule has 0 N–H and O–H groups in total. The van der Waals surface area contributed by atoms with Crippen LogP contribution in [0.3, 0.4) is 0 Å². The van der Waals surface area contributed by atoms with Crippen molar-refractivity contribution in [2.24, 2.45) is 0 Å². The summed E-state index contributed by atoms with van der Waals surface area (Å²) in [5, 5.41) is 0. The van der Waals surface area contributed by atoms with Crippen molar-refractivity contribution in [1.29, 1.82) is 0 Å². The van der Waals surface area contributed by atoms with Crippen molar-refractivity contribution in [3.8, 4) is 11.5 Å². The minimum absolute atomic E-state index is 0.370. The molecule has 0 saturated carbocycles. The molecule has 0 aliphatic carbocycles. The topological polar surface area (TPSA) is 39.5 Å². The van der Waals surface area contributed by atoms with Gasteiger partial charge in [0.05, 0.1) is 30.8 Å². The van der Waals surface area contributed by atoms with Crippen LogP contribution in [0.2, 0.25) is 0 Å². The molecule has 3 rings (SSSR count). The molecule has 0 radical (unpaired) electrons. The summed E-state index contributed by atoms with van der Waals surface area (Å²) in [6.45, 7) is 8.20.